The standard InChI is InChI=1S/C16H18FN3O2/c17-13-4-1-5-14(9-13)22-11-16(21)20-8-2-3-12(10-20)15-6-7-18-19-15/h1,4-7,9,12H,2-3,8,10-11H2,(H,18,19)/t12-/m1/s1. The summed E-state index contributed by atoms with van der Waals surface area (Å²) in [4.78, 5) is 14.1. The number of nitrogens with one attached hydrogen (secondary N) is 1. The van der Waals surface area contributed by atoms with Gasteiger partial charge in [-0.25, -0.2) is 4.39 Å². The van der Waals surface area contributed by atoms with Crippen LogP contribution in [-0.2, 0) is 4.79 Å². The lowest BCUT2D eigenvalue weighted by atomic mass is 9.95. The molecule has 1 aromatic carbocycles. The van der Waals surface area contributed by atoms with Crippen LogP contribution in [-0.4, -0.2) is 40.7 Å². The zero-order valence-electron chi connectivity index (χ0n) is 12.2. The highest BCUT2D eigenvalue weighted by molar-refractivity contribution is 5.78. The van der Waals surface area contributed by atoms with E-state index < -0.39 is 0 Å². The molecular formula is C16H18FN3O2. The summed E-state index contributed by atoms with van der Waals surface area (Å²) < 4.78 is 18.4. The van der Waals surface area contributed by atoms with Crippen LogP contribution in [0.1, 0.15) is 24.5 Å². The third-order valence-electron chi connectivity index (χ3n) is 3.89. The second kappa shape index (κ2) is 6.60. The Morgan fingerprint density at radius 2 is 2.36 bits per heavy atom. The van der Waals surface area contributed by atoms with Gasteiger partial charge < -0.3 is 9.64 Å². The fourth-order valence-corrected chi connectivity index (χ4v) is 2.74. The Bertz CT molecular complexity index is 630. The van der Waals surface area contributed by atoms with Crippen LogP contribution in [0.15, 0.2) is 36.5 Å². The molecule has 1 amide bonds. The summed E-state index contributed by atoms with van der Waals surface area (Å²) in [5.41, 5.74) is 1.06. The predicted octanol–water partition coefficient (Wildman–Crippen LogP) is 2.33. The summed E-state index contributed by atoms with van der Waals surface area (Å²) in [5, 5.41) is 6.93. The number of benzene rings is 1. The van der Waals surface area contributed by atoms with E-state index in [9.17, 15) is 9.18 Å². The first-order chi connectivity index (χ1) is 10.7. The monoisotopic (exact) mass is 303 g/mol. The Kier molecular flexibility index (Phi) is 4.37. The molecule has 116 valence electrons. The Hall–Kier alpha value is -2.37. The van der Waals surface area contributed by atoms with Gasteiger partial charge in [-0.2, -0.15) is 5.10 Å². The van der Waals surface area contributed by atoms with Gasteiger partial charge in [-0.3, -0.25) is 9.89 Å². The highest BCUT2D eigenvalue weighted by Crippen LogP contribution is 2.25. The molecule has 0 bridgehead atoms. The molecule has 1 aromatic heterocycles. The van der Waals surface area contributed by atoms with Gasteiger partial charge in [0.1, 0.15) is 11.6 Å². The number of nitrogens with zero attached hydrogens (tertiary/aromatic N) is 2. The number of halogens is 1. The van der Waals surface area contributed by atoms with Gasteiger partial charge in [0.25, 0.3) is 5.91 Å². The number of amides is 1. The molecule has 1 saturated heterocycles. The largest absolute Gasteiger partial charge is 0.484 e. The van der Waals surface area contributed by atoms with Crippen LogP contribution in [0, 0.1) is 5.82 Å². The lowest BCUT2D eigenvalue weighted by Crippen LogP contribution is -2.41. The number of hydrogen-bond donors (Lipinski definition) is 1. The Labute approximate surface area is 128 Å². The lowest BCUT2D eigenvalue weighted by Gasteiger charge is -2.32. The molecule has 1 aliphatic rings. The Morgan fingerprint density at radius 3 is 3.14 bits per heavy atom. The molecule has 0 radical (unpaired) electrons. The number of likely N-dealkylation sites (tertiary alicyclic amines) is 1. The number of ether oxygens (including phenoxy) is 1. The van der Waals surface area contributed by atoms with Crippen LogP contribution >= 0.6 is 0 Å². The molecule has 2 aromatic rings. The first kappa shape index (κ1) is 14.6. The second-order valence-electron chi connectivity index (χ2n) is 5.44. The fourth-order valence-electron chi connectivity index (χ4n) is 2.74. The van der Waals surface area contributed by atoms with Crippen molar-refractivity contribution in [1.82, 2.24) is 15.1 Å². The third-order valence-corrected chi connectivity index (χ3v) is 3.89. The van der Waals surface area contributed by atoms with Gasteiger partial charge in [0.15, 0.2) is 6.61 Å². The number of H-pyrrole nitrogens is 1. The van der Waals surface area contributed by atoms with Gasteiger partial charge in [0, 0.05) is 37.0 Å². The van der Waals surface area contributed by atoms with E-state index in [2.05, 4.69) is 10.2 Å². The number of rotatable bonds is 4. The molecule has 3 rings (SSSR count). The molecular weight excluding hydrogens is 285 g/mol. The quantitative estimate of drug-likeness (QED) is 0.943. The van der Waals surface area contributed by atoms with Gasteiger partial charge in [0.2, 0.25) is 0 Å². The highest BCUT2D eigenvalue weighted by Gasteiger charge is 2.25. The number of hydrogen-bond acceptors (Lipinski definition) is 3. The number of aromatic nitrogens is 2. The lowest BCUT2D eigenvalue weighted by molar-refractivity contribution is -0.134. The van der Waals surface area contributed by atoms with Crippen LogP contribution < -0.4 is 4.74 Å². The van der Waals surface area contributed by atoms with Crippen molar-refractivity contribution >= 4 is 5.91 Å². The topological polar surface area (TPSA) is 58.2 Å². The summed E-state index contributed by atoms with van der Waals surface area (Å²) in [5.74, 6) is 0.209. The minimum Gasteiger partial charge on any atom is -0.484 e. The van der Waals surface area contributed by atoms with E-state index >= 15 is 0 Å². The van der Waals surface area contributed by atoms with Crippen LogP contribution in [0.5, 0.6) is 5.75 Å². The molecule has 1 fully saturated rings. The van der Waals surface area contributed by atoms with E-state index in [1.165, 1.54) is 12.1 Å². The molecule has 22 heavy (non-hydrogen) atoms. The maximum absolute atomic E-state index is 13.1. The number of carbonyl (C=O) groups is 1. The molecule has 1 atom stereocenters. The SMILES string of the molecule is O=C(COc1cccc(F)c1)N1CCC[C@@H](c2ccn[nH]2)C1. The normalized spacial score (nSPS) is 18.2. The fraction of sp³-hybridized carbons (Fsp3) is 0.375. The highest BCUT2D eigenvalue weighted by atomic mass is 19.1. The Morgan fingerprint density at radius 1 is 1.45 bits per heavy atom. The molecule has 0 spiro atoms. The molecule has 0 saturated carbocycles. The van der Waals surface area contributed by atoms with Crippen molar-refractivity contribution in [3.05, 3.63) is 48.0 Å². The van der Waals surface area contributed by atoms with E-state index in [1.807, 2.05) is 6.07 Å². The molecule has 5 nitrogen and oxygen atoms in total. The maximum atomic E-state index is 13.1. The summed E-state index contributed by atoms with van der Waals surface area (Å²) >= 11 is 0. The molecule has 2 heterocycles. The number of piperidine rings is 1. The molecule has 6 heteroatoms. The van der Waals surface area contributed by atoms with Crippen molar-refractivity contribution in [1.29, 1.82) is 0 Å². The minimum atomic E-state index is -0.373. The van der Waals surface area contributed by atoms with Crippen LogP contribution in [0.25, 0.3) is 0 Å². The smallest absolute Gasteiger partial charge is 0.260 e. The average Bonchev–Trinajstić information content (AvgIpc) is 3.07. The number of aromatic amines is 1. The summed E-state index contributed by atoms with van der Waals surface area (Å²) in [6.45, 7) is 1.32. The summed E-state index contributed by atoms with van der Waals surface area (Å²) in [6.07, 6.45) is 3.72. The van der Waals surface area contributed by atoms with Crippen LogP contribution in [0.2, 0.25) is 0 Å². The predicted molar refractivity (Wildman–Crippen MR) is 79.0 cm³/mol. The first-order valence-electron chi connectivity index (χ1n) is 7.38. The van der Waals surface area contributed by atoms with Crippen molar-refractivity contribution < 1.29 is 13.9 Å². The van der Waals surface area contributed by atoms with E-state index in [0.717, 1.165) is 25.1 Å². The molecule has 1 N–H and O–H groups in total. The van der Waals surface area contributed by atoms with E-state index in [-0.39, 0.29) is 24.2 Å². The van der Waals surface area contributed by atoms with Gasteiger partial charge in [-0.05, 0) is 31.0 Å². The van der Waals surface area contributed by atoms with Gasteiger partial charge in [0.05, 0.1) is 0 Å². The molecule has 0 aliphatic carbocycles. The van der Waals surface area contributed by atoms with Crippen LogP contribution in [0.4, 0.5) is 4.39 Å². The van der Waals surface area contributed by atoms with Gasteiger partial charge in [-0.15, -0.1) is 0 Å². The van der Waals surface area contributed by atoms with E-state index in [0.29, 0.717) is 12.3 Å². The maximum Gasteiger partial charge on any atom is 0.260 e. The average molecular weight is 303 g/mol. The van der Waals surface area contributed by atoms with Crippen molar-refractivity contribution in [3.63, 3.8) is 0 Å². The first-order valence-corrected chi connectivity index (χ1v) is 7.38. The molecule has 1 aliphatic heterocycles. The van der Waals surface area contributed by atoms with E-state index in [1.54, 1.807) is 23.2 Å². The van der Waals surface area contributed by atoms with Crippen molar-refractivity contribution in [3.8, 4) is 5.75 Å². The summed E-state index contributed by atoms with van der Waals surface area (Å²) in [6, 6.07) is 7.76. The minimum absolute atomic E-state index is 0.0703. The van der Waals surface area contributed by atoms with Crippen molar-refractivity contribution in [2.24, 2.45) is 0 Å². The number of carbonyl (C=O) groups excluding carboxylic acids is 1. The van der Waals surface area contributed by atoms with Gasteiger partial charge in [-0.1, -0.05) is 6.07 Å². The third kappa shape index (κ3) is 3.44. The Balaban J connectivity index is 1.55. The second-order valence-corrected chi connectivity index (χ2v) is 5.44. The van der Waals surface area contributed by atoms with Crippen LogP contribution in [0.3, 0.4) is 0 Å². The zero-order chi connectivity index (χ0) is 15.4. The van der Waals surface area contributed by atoms with Crippen molar-refractivity contribution in [2.75, 3.05) is 19.7 Å². The van der Waals surface area contributed by atoms with Crippen molar-refractivity contribution in [2.45, 2.75) is 18.8 Å². The van der Waals surface area contributed by atoms with E-state index in [4.69, 9.17) is 4.74 Å². The van der Waals surface area contributed by atoms with Gasteiger partial charge >= 0.3 is 0 Å². The zero-order valence-corrected chi connectivity index (χ0v) is 12.2. The summed E-state index contributed by atoms with van der Waals surface area (Å²) in [7, 11) is 0. The molecule has 0 unspecified atom stereocenters.